The van der Waals surface area contributed by atoms with Crippen molar-refractivity contribution in [2.45, 2.75) is 13.8 Å². The number of carbonyl (C=O) groups is 2. The van der Waals surface area contributed by atoms with Crippen molar-refractivity contribution in [2.24, 2.45) is 0 Å². The number of nitrogens with zero attached hydrogens (tertiary/aromatic N) is 2. The molecule has 2 aromatic carbocycles. The van der Waals surface area contributed by atoms with Gasteiger partial charge in [-0.25, -0.2) is 14.4 Å². The Kier molecular flexibility index (Phi) is 5.40. The summed E-state index contributed by atoms with van der Waals surface area (Å²) in [7, 11) is 0. The van der Waals surface area contributed by atoms with Gasteiger partial charge in [0.25, 0.3) is 11.8 Å². The first-order valence-corrected chi connectivity index (χ1v) is 8.51. The van der Waals surface area contributed by atoms with E-state index in [4.69, 9.17) is 0 Å². The maximum Gasteiger partial charge on any atom is 0.251 e. The number of hydrogen-bond acceptors (Lipinski definition) is 4. The van der Waals surface area contributed by atoms with Crippen molar-refractivity contribution < 1.29 is 14.0 Å². The van der Waals surface area contributed by atoms with Gasteiger partial charge in [0.15, 0.2) is 0 Å². The molecule has 0 aliphatic heterocycles. The molecule has 0 radical (unpaired) electrons. The predicted octanol–water partition coefficient (Wildman–Crippen LogP) is 2.55. The monoisotopic (exact) mass is 366 g/mol. The average molecular weight is 366 g/mol. The number of rotatable bonds is 5. The van der Waals surface area contributed by atoms with Crippen molar-refractivity contribution in [2.75, 3.05) is 13.1 Å². The first-order valence-electron chi connectivity index (χ1n) is 8.51. The van der Waals surface area contributed by atoms with Gasteiger partial charge in [-0.1, -0.05) is 6.07 Å². The van der Waals surface area contributed by atoms with Crippen LogP contribution in [0.25, 0.3) is 11.0 Å². The molecule has 2 amide bonds. The Morgan fingerprint density at radius 1 is 0.852 bits per heavy atom. The SMILES string of the molecule is Cc1nc2ccc(C(=O)NCCNC(=O)c3cccc(F)c3)cc2nc1C. The Morgan fingerprint density at radius 2 is 1.44 bits per heavy atom. The van der Waals surface area contributed by atoms with Crippen LogP contribution in [0.15, 0.2) is 42.5 Å². The average Bonchev–Trinajstić information content (AvgIpc) is 2.65. The van der Waals surface area contributed by atoms with Crippen molar-refractivity contribution in [3.8, 4) is 0 Å². The molecule has 0 atom stereocenters. The van der Waals surface area contributed by atoms with Gasteiger partial charge in [0, 0.05) is 24.2 Å². The molecular weight excluding hydrogens is 347 g/mol. The molecule has 3 aromatic rings. The van der Waals surface area contributed by atoms with Gasteiger partial charge >= 0.3 is 0 Å². The van der Waals surface area contributed by atoms with Crippen LogP contribution in [0.1, 0.15) is 32.1 Å². The number of halogens is 1. The lowest BCUT2D eigenvalue weighted by Crippen LogP contribution is -2.34. The fourth-order valence-electron chi connectivity index (χ4n) is 2.56. The molecule has 3 rings (SSSR count). The number of aromatic nitrogens is 2. The molecule has 0 aliphatic rings. The highest BCUT2D eigenvalue weighted by Gasteiger charge is 2.09. The predicted molar refractivity (Wildman–Crippen MR) is 100 cm³/mol. The number of carbonyl (C=O) groups excluding carboxylic acids is 2. The van der Waals surface area contributed by atoms with Crippen molar-refractivity contribution in [3.05, 3.63) is 70.8 Å². The summed E-state index contributed by atoms with van der Waals surface area (Å²) in [5, 5.41) is 5.37. The summed E-state index contributed by atoms with van der Waals surface area (Å²) in [6.45, 7) is 4.24. The van der Waals surface area contributed by atoms with Crippen LogP contribution in [0.2, 0.25) is 0 Å². The van der Waals surface area contributed by atoms with Crippen LogP contribution in [0, 0.1) is 19.7 Å². The molecular formula is C20H19FN4O2. The first kappa shape index (κ1) is 18.4. The highest BCUT2D eigenvalue weighted by molar-refractivity contribution is 5.97. The Hall–Kier alpha value is -3.35. The van der Waals surface area contributed by atoms with Gasteiger partial charge in [0.1, 0.15) is 5.82 Å². The summed E-state index contributed by atoms with van der Waals surface area (Å²) >= 11 is 0. The van der Waals surface area contributed by atoms with Crippen molar-refractivity contribution in [1.29, 1.82) is 0 Å². The van der Waals surface area contributed by atoms with E-state index in [1.807, 2.05) is 13.8 Å². The molecule has 27 heavy (non-hydrogen) atoms. The van der Waals surface area contributed by atoms with Crippen LogP contribution in [0.4, 0.5) is 4.39 Å². The second-order valence-electron chi connectivity index (χ2n) is 6.12. The zero-order valence-corrected chi connectivity index (χ0v) is 15.0. The molecule has 0 spiro atoms. The van der Waals surface area contributed by atoms with Gasteiger partial charge in [-0.15, -0.1) is 0 Å². The molecule has 1 aromatic heterocycles. The molecule has 1 heterocycles. The third-order valence-corrected chi connectivity index (χ3v) is 4.12. The number of fused-ring (bicyclic) bond motifs is 1. The Labute approximate surface area is 155 Å². The highest BCUT2D eigenvalue weighted by atomic mass is 19.1. The maximum absolute atomic E-state index is 13.1. The van der Waals surface area contributed by atoms with Gasteiger partial charge in [0.05, 0.1) is 22.4 Å². The van der Waals surface area contributed by atoms with E-state index >= 15 is 0 Å². The first-order chi connectivity index (χ1) is 12.9. The summed E-state index contributed by atoms with van der Waals surface area (Å²) in [6, 6.07) is 10.6. The summed E-state index contributed by atoms with van der Waals surface area (Å²) in [4.78, 5) is 33.1. The van der Waals surface area contributed by atoms with Crippen LogP contribution in [0.3, 0.4) is 0 Å². The van der Waals surface area contributed by atoms with E-state index in [1.54, 1.807) is 18.2 Å². The van der Waals surface area contributed by atoms with Gasteiger partial charge in [-0.3, -0.25) is 9.59 Å². The number of hydrogen-bond donors (Lipinski definition) is 2. The standard InChI is InChI=1S/C20H19FN4O2/c1-12-13(2)25-18-11-15(6-7-17(18)24-12)20(27)23-9-8-22-19(26)14-4-3-5-16(21)10-14/h3-7,10-11H,8-9H2,1-2H3,(H,22,26)(H,23,27). The van der Waals surface area contributed by atoms with Crippen molar-refractivity contribution in [3.63, 3.8) is 0 Å². The van der Waals surface area contributed by atoms with Gasteiger partial charge in [-0.05, 0) is 50.2 Å². The summed E-state index contributed by atoms with van der Waals surface area (Å²) in [5.74, 6) is -1.13. The van der Waals surface area contributed by atoms with Crippen molar-refractivity contribution in [1.82, 2.24) is 20.6 Å². The Balaban J connectivity index is 1.55. The zero-order chi connectivity index (χ0) is 19.4. The normalized spacial score (nSPS) is 10.6. The Bertz CT molecular complexity index is 1020. The molecule has 7 heteroatoms. The lowest BCUT2D eigenvalue weighted by molar-refractivity contribution is 0.0927. The number of aryl methyl sites for hydroxylation is 2. The second kappa shape index (κ2) is 7.90. The van der Waals surface area contributed by atoms with E-state index in [-0.39, 0.29) is 24.6 Å². The second-order valence-corrected chi connectivity index (χ2v) is 6.12. The molecule has 0 fully saturated rings. The van der Waals surface area contributed by atoms with E-state index in [1.165, 1.54) is 18.2 Å². The smallest absolute Gasteiger partial charge is 0.251 e. The van der Waals surface area contributed by atoms with E-state index in [2.05, 4.69) is 20.6 Å². The van der Waals surface area contributed by atoms with E-state index < -0.39 is 11.7 Å². The molecule has 0 aliphatic carbocycles. The minimum Gasteiger partial charge on any atom is -0.350 e. The van der Waals surface area contributed by atoms with E-state index in [9.17, 15) is 14.0 Å². The van der Waals surface area contributed by atoms with Gasteiger partial charge in [-0.2, -0.15) is 0 Å². The van der Waals surface area contributed by atoms with Crippen LogP contribution >= 0.6 is 0 Å². The van der Waals surface area contributed by atoms with Crippen LogP contribution < -0.4 is 10.6 Å². The molecule has 6 nitrogen and oxygen atoms in total. The summed E-state index contributed by atoms with van der Waals surface area (Å²) < 4.78 is 13.1. The van der Waals surface area contributed by atoms with Crippen LogP contribution in [-0.4, -0.2) is 34.9 Å². The van der Waals surface area contributed by atoms with Gasteiger partial charge in [0.2, 0.25) is 0 Å². The van der Waals surface area contributed by atoms with Crippen LogP contribution in [-0.2, 0) is 0 Å². The van der Waals surface area contributed by atoms with Gasteiger partial charge < -0.3 is 10.6 Å². The lowest BCUT2D eigenvalue weighted by Gasteiger charge is -2.08. The van der Waals surface area contributed by atoms with Crippen molar-refractivity contribution >= 4 is 22.8 Å². The number of benzene rings is 2. The Morgan fingerprint density at radius 3 is 2.07 bits per heavy atom. The fraction of sp³-hybridized carbons (Fsp3) is 0.200. The maximum atomic E-state index is 13.1. The molecule has 138 valence electrons. The summed E-state index contributed by atoms with van der Waals surface area (Å²) in [6.07, 6.45) is 0. The molecule has 0 unspecified atom stereocenters. The number of nitrogens with one attached hydrogen (secondary N) is 2. The lowest BCUT2D eigenvalue weighted by atomic mass is 10.1. The number of amides is 2. The largest absolute Gasteiger partial charge is 0.350 e. The third-order valence-electron chi connectivity index (χ3n) is 4.12. The molecule has 2 N–H and O–H groups in total. The fourth-order valence-corrected chi connectivity index (χ4v) is 2.56. The van der Waals surface area contributed by atoms with E-state index in [0.29, 0.717) is 11.1 Å². The molecule has 0 saturated carbocycles. The molecule has 0 bridgehead atoms. The topological polar surface area (TPSA) is 84.0 Å². The molecule has 0 saturated heterocycles. The summed E-state index contributed by atoms with van der Waals surface area (Å²) in [5.41, 5.74) is 3.77. The van der Waals surface area contributed by atoms with E-state index in [0.717, 1.165) is 23.0 Å². The third kappa shape index (κ3) is 4.44. The minimum atomic E-state index is -0.471. The zero-order valence-electron chi connectivity index (χ0n) is 15.0. The van der Waals surface area contributed by atoms with Crippen LogP contribution in [0.5, 0.6) is 0 Å². The quantitative estimate of drug-likeness (QED) is 0.680. The highest BCUT2D eigenvalue weighted by Crippen LogP contribution is 2.14. The minimum absolute atomic E-state index is 0.229.